The molecule has 2 aliphatic heterocycles. The first-order valence-electron chi connectivity index (χ1n) is 10.4. The molecule has 2 heterocycles. The average molecular weight is 476 g/mol. The van der Waals surface area contributed by atoms with Gasteiger partial charge in [-0.2, -0.15) is 0 Å². The van der Waals surface area contributed by atoms with Crippen molar-refractivity contribution in [2.24, 2.45) is 10.9 Å². The molecule has 0 aromatic heterocycles. The van der Waals surface area contributed by atoms with Crippen molar-refractivity contribution in [3.8, 4) is 5.75 Å². The van der Waals surface area contributed by atoms with Crippen LogP contribution in [0.4, 0.5) is 0 Å². The summed E-state index contributed by atoms with van der Waals surface area (Å²) < 4.78 is 17.7. The van der Waals surface area contributed by atoms with Gasteiger partial charge in [0.15, 0.2) is 5.78 Å². The van der Waals surface area contributed by atoms with Crippen molar-refractivity contribution in [1.82, 2.24) is 0 Å². The summed E-state index contributed by atoms with van der Waals surface area (Å²) in [5.41, 5.74) is 2.89. The van der Waals surface area contributed by atoms with Crippen molar-refractivity contribution in [3.63, 3.8) is 0 Å². The number of methoxy groups -OCH3 is 1. The Morgan fingerprint density at radius 2 is 2.13 bits per heavy atom. The van der Waals surface area contributed by atoms with E-state index in [0.717, 1.165) is 41.4 Å². The number of esters is 1. The van der Waals surface area contributed by atoms with E-state index >= 15 is 0 Å². The van der Waals surface area contributed by atoms with Gasteiger partial charge < -0.3 is 14.2 Å². The van der Waals surface area contributed by atoms with E-state index < -0.39 is 11.8 Å². The Morgan fingerprint density at radius 3 is 2.87 bits per heavy atom. The van der Waals surface area contributed by atoms with Crippen molar-refractivity contribution in [1.29, 1.82) is 0 Å². The standard InChI is InChI=1S/C23H26BrNO5/c1-13-20(23(27)30-12-15-5-4-10-29-15)21(16-11-14(24)8-9-19(16)28-2)22-17(25-13)6-3-7-18(22)26/h8-9,11,15,20-21H,3-7,10,12H2,1-2H3/t15-,20?,21-/m0/s1. The summed E-state index contributed by atoms with van der Waals surface area (Å²) in [6.45, 7) is 2.78. The third kappa shape index (κ3) is 4.10. The van der Waals surface area contributed by atoms with Crippen LogP contribution in [0.2, 0.25) is 0 Å². The molecule has 1 saturated heterocycles. The molecule has 4 rings (SSSR count). The van der Waals surface area contributed by atoms with E-state index in [1.54, 1.807) is 7.11 Å². The van der Waals surface area contributed by atoms with Crippen molar-refractivity contribution in [2.75, 3.05) is 20.3 Å². The fourth-order valence-electron chi connectivity index (χ4n) is 4.64. The summed E-state index contributed by atoms with van der Waals surface area (Å²) in [6, 6.07) is 5.66. The zero-order valence-corrected chi connectivity index (χ0v) is 18.9. The monoisotopic (exact) mass is 475 g/mol. The lowest BCUT2D eigenvalue weighted by molar-refractivity contribution is -0.149. The van der Waals surface area contributed by atoms with Crippen molar-refractivity contribution in [3.05, 3.63) is 39.5 Å². The van der Waals surface area contributed by atoms with Crippen molar-refractivity contribution in [2.45, 2.75) is 51.0 Å². The summed E-state index contributed by atoms with van der Waals surface area (Å²) in [5.74, 6) is -0.828. The first-order valence-corrected chi connectivity index (χ1v) is 11.2. The first kappa shape index (κ1) is 21.2. The lowest BCUT2D eigenvalue weighted by Crippen LogP contribution is -2.38. The van der Waals surface area contributed by atoms with E-state index in [1.165, 1.54) is 0 Å². The summed E-state index contributed by atoms with van der Waals surface area (Å²) in [5, 5.41) is 0. The molecule has 6 nitrogen and oxygen atoms in total. The number of hydrogen-bond acceptors (Lipinski definition) is 6. The smallest absolute Gasteiger partial charge is 0.315 e. The third-order valence-corrected chi connectivity index (χ3v) is 6.54. The summed E-state index contributed by atoms with van der Waals surface area (Å²) in [6.07, 6.45) is 3.81. The maximum absolute atomic E-state index is 13.3. The molecule has 3 aliphatic rings. The van der Waals surface area contributed by atoms with Crippen molar-refractivity contribution >= 4 is 33.4 Å². The number of ketones is 1. The Morgan fingerprint density at radius 1 is 1.30 bits per heavy atom. The molecule has 160 valence electrons. The molecule has 1 unspecified atom stereocenters. The Bertz CT molecular complexity index is 916. The largest absolute Gasteiger partial charge is 0.496 e. The van der Waals surface area contributed by atoms with Gasteiger partial charge in [0.25, 0.3) is 0 Å². The van der Waals surface area contributed by atoms with Gasteiger partial charge in [0.1, 0.15) is 18.3 Å². The van der Waals surface area contributed by atoms with Gasteiger partial charge in [0.05, 0.1) is 13.2 Å². The molecule has 0 amide bonds. The van der Waals surface area contributed by atoms with Crippen LogP contribution in [0, 0.1) is 5.92 Å². The predicted octanol–water partition coefficient (Wildman–Crippen LogP) is 4.36. The van der Waals surface area contributed by atoms with Crippen LogP contribution in [0.3, 0.4) is 0 Å². The number of carbonyl (C=O) groups excluding carboxylic acids is 2. The second-order valence-corrected chi connectivity index (χ2v) is 8.91. The normalized spacial score (nSPS) is 26.3. The van der Waals surface area contributed by atoms with Crippen LogP contribution in [0.5, 0.6) is 5.75 Å². The molecule has 0 saturated carbocycles. The van der Waals surface area contributed by atoms with Crippen LogP contribution < -0.4 is 4.74 Å². The van der Waals surface area contributed by atoms with Gasteiger partial charge in [-0.25, -0.2) is 0 Å². The third-order valence-electron chi connectivity index (χ3n) is 6.05. The Hall–Kier alpha value is -1.99. The van der Waals surface area contributed by atoms with Gasteiger partial charge >= 0.3 is 5.97 Å². The molecule has 1 fully saturated rings. The maximum atomic E-state index is 13.3. The number of nitrogens with zero attached hydrogens (tertiary/aromatic N) is 1. The predicted molar refractivity (Wildman–Crippen MR) is 116 cm³/mol. The summed E-state index contributed by atoms with van der Waals surface area (Å²) in [4.78, 5) is 30.9. The van der Waals surface area contributed by atoms with E-state index in [0.29, 0.717) is 30.1 Å². The highest BCUT2D eigenvalue weighted by molar-refractivity contribution is 9.10. The number of carbonyl (C=O) groups is 2. The molecule has 1 aromatic carbocycles. The highest BCUT2D eigenvalue weighted by Gasteiger charge is 2.44. The molecular formula is C23H26BrNO5. The van der Waals surface area contributed by atoms with Crippen LogP contribution in [-0.4, -0.2) is 43.9 Å². The van der Waals surface area contributed by atoms with Crippen LogP contribution >= 0.6 is 15.9 Å². The zero-order chi connectivity index (χ0) is 21.3. The minimum Gasteiger partial charge on any atom is -0.496 e. The van der Waals surface area contributed by atoms with Gasteiger partial charge in [-0.1, -0.05) is 15.9 Å². The second-order valence-electron chi connectivity index (χ2n) is 8.00. The average Bonchev–Trinajstić information content (AvgIpc) is 3.25. The maximum Gasteiger partial charge on any atom is 0.315 e. The number of benzene rings is 1. The quantitative estimate of drug-likeness (QED) is 0.591. The SMILES string of the molecule is COc1ccc(Br)cc1[C@@H]1C2=C(CCCC2=O)N=C(C)C1C(=O)OC[C@@H]1CCCO1. The van der Waals surface area contributed by atoms with Gasteiger partial charge in [-0.15, -0.1) is 0 Å². The topological polar surface area (TPSA) is 74.2 Å². The first-order chi connectivity index (χ1) is 14.5. The molecule has 0 radical (unpaired) electrons. The number of hydrogen-bond donors (Lipinski definition) is 0. The van der Waals surface area contributed by atoms with Crippen LogP contribution in [0.1, 0.15) is 50.5 Å². The molecule has 0 bridgehead atoms. The van der Waals surface area contributed by atoms with E-state index in [1.807, 2.05) is 25.1 Å². The zero-order valence-electron chi connectivity index (χ0n) is 17.3. The van der Waals surface area contributed by atoms with Gasteiger partial charge in [0.2, 0.25) is 0 Å². The Kier molecular flexibility index (Phi) is 6.39. The van der Waals surface area contributed by atoms with Crippen LogP contribution in [0.25, 0.3) is 0 Å². The number of aliphatic imine (C=N–C) groups is 1. The summed E-state index contributed by atoms with van der Waals surface area (Å²) >= 11 is 3.52. The number of halogens is 1. The fourth-order valence-corrected chi connectivity index (χ4v) is 5.02. The van der Waals surface area contributed by atoms with Crippen molar-refractivity contribution < 1.29 is 23.8 Å². The number of ether oxygens (including phenoxy) is 3. The van der Waals surface area contributed by atoms with Gasteiger partial charge in [-0.3, -0.25) is 14.6 Å². The van der Waals surface area contributed by atoms with Gasteiger partial charge in [0, 0.05) is 46.0 Å². The minimum absolute atomic E-state index is 0.0523. The lowest BCUT2D eigenvalue weighted by Gasteiger charge is -2.35. The molecular weight excluding hydrogens is 450 g/mol. The van der Waals surface area contributed by atoms with E-state index in [4.69, 9.17) is 14.2 Å². The van der Waals surface area contributed by atoms with E-state index in [9.17, 15) is 9.59 Å². The molecule has 3 atom stereocenters. The molecule has 1 aromatic rings. The minimum atomic E-state index is -0.671. The molecule has 1 aliphatic carbocycles. The van der Waals surface area contributed by atoms with Gasteiger partial charge in [-0.05, 0) is 50.8 Å². The Labute approximate surface area is 184 Å². The van der Waals surface area contributed by atoms with Crippen LogP contribution in [0.15, 0.2) is 38.9 Å². The van der Waals surface area contributed by atoms with E-state index in [-0.39, 0.29) is 24.5 Å². The highest BCUT2D eigenvalue weighted by Crippen LogP contribution is 2.46. The second kappa shape index (κ2) is 9.02. The summed E-state index contributed by atoms with van der Waals surface area (Å²) in [7, 11) is 1.60. The molecule has 0 N–H and O–H groups in total. The number of allylic oxidation sites excluding steroid dienone is 2. The lowest BCUT2D eigenvalue weighted by atomic mass is 9.71. The fraction of sp³-hybridized carbons (Fsp3) is 0.522. The molecule has 0 spiro atoms. The van der Waals surface area contributed by atoms with E-state index in [2.05, 4.69) is 20.9 Å². The number of Topliss-reactive ketones (excluding diaryl/α,β-unsaturated/α-hetero) is 1. The Balaban J connectivity index is 1.74. The highest BCUT2D eigenvalue weighted by atomic mass is 79.9. The van der Waals surface area contributed by atoms with Crippen LogP contribution in [-0.2, 0) is 19.1 Å². The number of rotatable bonds is 5. The molecule has 30 heavy (non-hydrogen) atoms. The molecule has 7 heteroatoms.